The van der Waals surface area contributed by atoms with Gasteiger partial charge in [0.15, 0.2) is 0 Å². The summed E-state index contributed by atoms with van der Waals surface area (Å²) < 4.78 is 0. The van der Waals surface area contributed by atoms with E-state index in [1.54, 1.807) is 16.7 Å². The molecule has 17 heavy (non-hydrogen) atoms. The van der Waals surface area contributed by atoms with Gasteiger partial charge in [0.2, 0.25) is 0 Å². The molecular weight excluding hydrogens is 208 g/mol. The molecule has 1 fully saturated rings. The van der Waals surface area contributed by atoms with Crippen LogP contribution in [0.5, 0.6) is 0 Å². The Hall–Kier alpha value is -0.860. The minimum absolute atomic E-state index is 0.716. The molecule has 1 aromatic carbocycles. The van der Waals surface area contributed by atoms with Crippen molar-refractivity contribution in [1.82, 2.24) is 10.2 Å². The molecule has 0 aromatic heterocycles. The van der Waals surface area contributed by atoms with Gasteiger partial charge in [-0.3, -0.25) is 0 Å². The maximum atomic E-state index is 3.61. The minimum Gasteiger partial charge on any atom is -0.314 e. The van der Waals surface area contributed by atoms with Crippen LogP contribution in [0.4, 0.5) is 0 Å². The van der Waals surface area contributed by atoms with Crippen molar-refractivity contribution in [3.8, 4) is 0 Å². The third-order valence-corrected chi connectivity index (χ3v) is 4.19. The van der Waals surface area contributed by atoms with Crippen molar-refractivity contribution in [3.05, 3.63) is 34.9 Å². The first-order chi connectivity index (χ1) is 8.33. The molecule has 1 atom stereocenters. The van der Waals surface area contributed by atoms with Crippen molar-refractivity contribution in [1.29, 1.82) is 0 Å². The number of fused-ring (bicyclic) bond motifs is 1. The molecule has 1 saturated heterocycles. The van der Waals surface area contributed by atoms with Crippen LogP contribution in [-0.2, 0) is 19.4 Å². The number of hydrogen-bond donors (Lipinski definition) is 1. The van der Waals surface area contributed by atoms with Gasteiger partial charge in [-0.1, -0.05) is 18.2 Å². The summed E-state index contributed by atoms with van der Waals surface area (Å²) in [6, 6.07) is 7.61. The highest BCUT2D eigenvalue weighted by Gasteiger charge is 2.20. The summed E-state index contributed by atoms with van der Waals surface area (Å²) in [6.07, 6.45) is 5.13. The quantitative estimate of drug-likeness (QED) is 0.835. The van der Waals surface area contributed by atoms with Gasteiger partial charge in [0, 0.05) is 19.1 Å². The molecule has 2 heteroatoms. The molecule has 0 spiro atoms. The Kier molecular flexibility index (Phi) is 3.17. The van der Waals surface area contributed by atoms with E-state index >= 15 is 0 Å². The van der Waals surface area contributed by atoms with Gasteiger partial charge < -0.3 is 10.2 Å². The maximum absolute atomic E-state index is 3.61. The lowest BCUT2D eigenvalue weighted by Crippen LogP contribution is -2.29. The molecule has 0 aliphatic carbocycles. The number of hydrogen-bond acceptors (Lipinski definition) is 2. The van der Waals surface area contributed by atoms with Gasteiger partial charge >= 0.3 is 0 Å². The van der Waals surface area contributed by atoms with Crippen LogP contribution in [0.1, 0.15) is 29.5 Å². The summed E-state index contributed by atoms with van der Waals surface area (Å²) in [4.78, 5) is 2.44. The standard InChI is InChI=1S/C15H22N2/c1-17-9-7-12-4-2-5-13(15(12)11-17)10-14-6-3-8-16-14/h2,4-5,14,16H,3,6-11H2,1H3. The highest BCUT2D eigenvalue weighted by atomic mass is 15.1. The zero-order valence-electron chi connectivity index (χ0n) is 10.7. The fourth-order valence-electron chi connectivity index (χ4n) is 3.17. The highest BCUT2D eigenvalue weighted by molar-refractivity contribution is 5.37. The van der Waals surface area contributed by atoms with E-state index in [1.807, 2.05) is 0 Å². The summed E-state index contributed by atoms with van der Waals surface area (Å²) in [5.74, 6) is 0. The van der Waals surface area contributed by atoms with E-state index in [1.165, 1.54) is 38.8 Å². The second-order valence-corrected chi connectivity index (χ2v) is 5.54. The fourth-order valence-corrected chi connectivity index (χ4v) is 3.17. The topological polar surface area (TPSA) is 15.3 Å². The average molecular weight is 230 g/mol. The Morgan fingerprint density at radius 2 is 2.35 bits per heavy atom. The van der Waals surface area contributed by atoms with Crippen molar-refractivity contribution in [3.63, 3.8) is 0 Å². The number of benzene rings is 1. The van der Waals surface area contributed by atoms with Gasteiger partial charge in [-0.15, -0.1) is 0 Å². The van der Waals surface area contributed by atoms with Crippen molar-refractivity contribution in [2.45, 2.75) is 38.3 Å². The molecule has 0 bridgehead atoms. The van der Waals surface area contributed by atoms with Crippen molar-refractivity contribution in [2.24, 2.45) is 0 Å². The zero-order chi connectivity index (χ0) is 11.7. The molecular formula is C15H22N2. The van der Waals surface area contributed by atoms with Gasteiger partial charge in [0.25, 0.3) is 0 Å². The molecule has 0 radical (unpaired) electrons. The first-order valence-electron chi connectivity index (χ1n) is 6.84. The second-order valence-electron chi connectivity index (χ2n) is 5.54. The van der Waals surface area contributed by atoms with Gasteiger partial charge in [-0.25, -0.2) is 0 Å². The molecule has 1 N–H and O–H groups in total. The van der Waals surface area contributed by atoms with Crippen LogP contribution in [0, 0.1) is 0 Å². The monoisotopic (exact) mass is 230 g/mol. The molecule has 2 aliphatic rings. The number of nitrogens with one attached hydrogen (secondary N) is 1. The first-order valence-corrected chi connectivity index (χ1v) is 6.84. The molecule has 3 rings (SSSR count). The summed E-state index contributed by atoms with van der Waals surface area (Å²) in [7, 11) is 2.23. The van der Waals surface area contributed by atoms with Crippen molar-refractivity contribution < 1.29 is 0 Å². The van der Waals surface area contributed by atoms with Gasteiger partial charge in [-0.05, 0) is 56.0 Å². The van der Waals surface area contributed by atoms with Crippen LogP contribution in [-0.4, -0.2) is 31.1 Å². The van der Waals surface area contributed by atoms with Crippen molar-refractivity contribution >= 4 is 0 Å². The molecule has 92 valence electrons. The smallest absolute Gasteiger partial charge is 0.0236 e. The van der Waals surface area contributed by atoms with Crippen LogP contribution in [0.2, 0.25) is 0 Å². The normalized spacial score (nSPS) is 24.9. The van der Waals surface area contributed by atoms with E-state index in [-0.39, 0.29) is 0 Å². The van der Waals surface area contributed by atoms with Gasteiger partial charge in [-0.2, -0.15) is 0 Å². The van der Waals surface area contributed by atoms with Gasteiger partial charge in [0.05, 0.1) is 0 Å². The highest BCUT2D eigenvalue weighted by Crippen LogP contribution is 2.24. The summed E-state index contributed by atoms with van der Waals surface area (Å²) >= 11 is 0. The third kappa shape index (κ3) is 2.38. The number of likely N-dealkylation sites (N-methyl/N-ethyl adjacent to an activating group) is 1. The van der Waals surface area contributed by atoms with E-state index in [0.29, 0.717) is 6.04 Å². The van der Waals surface area contributed by atoms with Crippen LogP contribution in [0.3, 0.4) is 0 Å². The third-order valence-electron chi connectivity index (χ3n) is 4.19. The SMILES string of the molecule is CN1CCc2cccc(CC3CCCN3)c2C1. The van der Waals surface area contributed by atoms with Crippen molar-refractivity contribution in [2.75, 3.05) is 20.1 Å². The molecule has 2 heterocycles. The largest absolute Gasteiger partial charge is 0.314 e. The van der Waals surface area contributed by atoms with E-state index in [0.717, 1.165) is 6.54 Å². The Balaban J connectivity index is 1.83. The molecule has 2 nitrogen and oxygen atoms in total. The summed E-state index contributed by atoms with van der Waals surface area (Å²) in [5.41, 5.74) is 4.77. The Labute approximate surface area is 104 Å². The molecule has 1 aromatic rings. The summed E-state index contributed by atoms with van der Waals surface area (Å²) in [6.45, 7) is 3.55. The van der Waals surface area contributed by atoms with E-state index in [4.69, 9.17) is 0 Å². The first kappa shape index (κ1) is 11.2. The Bertz CT molecular complexity index is 394. The molecule has 0 saturated carbocycles. The second kappa shape index (κ2) is 4.79. The van der Waals surface area contributed by atoms with Crippen LogP contribution < -0.4 is 5.32 Å². The molecule has 0 amide bonds. The predicted octanol–water partition coefficient (Wildman–Crippen LogP) is 1.97. The maximum Gasteiger partial charge on any atom is 0.0236 e. The fraction of sp³-hybridized carbons (Fsp3) is 0.600. The van der Waals surface area contributed by atoms with Crippen LogP contribution in [0.15, 0.2) is 18.2 Å². The summed E-state index contributed by atoms with van der Waals surface area (Å²) in [5, 5.41) is 3.61. The molecule has 2 aliphatic heterocycles. The zero-order valence-corrected chi connectivity index (χ0v) is 10.7. The van der Waals surface area contributed by atoms with E-state index in [9.17, 15) is 0 Å². The lowest BCUT2D eigenvalue weighted by molar-refractivity contribution is 0.311. The predicted molar refractivity (Wildman–Crippen MR) is 71.2 cm³/mol. The van der Waals surface area contributed by atoms with Crippen LogP contribution >= 0.6 is 0 Å². The Morgan fingerprint density at radius 3 is 3.18 bits per heavy atom. The van der Waals surface area contributed by atoms with Crippen LogP contribution in [0.25, 0.3) is 0 Å². The average Bonchev–Trinajstić information content (AvgIpc) is 2.83. The lowest BCUT2D eigenvalue weighted by Gasteiger charge is -2.27. The van der Waals surface area contributed by atoms with Gasteiger partial charge in [0.1, 0.15) is 0 Å². The minimum atomic E-state index is 0.716. The van der Waals surface area contributed by atoms with E-state index in [2.05, 4.69) is 35.5 Å². The molecule has 1 unspecified atom stereocenters. The number of nitrogens with zero attached hydrogens (tertiary/aromatic N) is 1. The van der Waals surface area contributed by atoms with E-state index < -0.39 is 0 Å². The lowest BCUT2D eigenvalue weighted by atomic mass is 9.91. The number of rotatable bonds is 2. The Morgan fingerprint density at radius 1 is 1.41 bits per heavy atom.